The van der Waals surface area contributed by atoms with Crippen LogP contribution in [0.25, 0.3) is 0 Å². The fourth-order valence-corrected chi connectivity index (χ4v) is 3.69. The van der Waals surface area contributed by atoms with E-state index in [9.17, 15) is 4.39 Å². The third-order valence-electron chi connectivity index (χ3n) is 4.37. The molecule has 1 aliphatic heterocycles. The van der Waals surface area contributed by atoms with Gasteiger partial charge in [0.25, 0.3) is 0 Å². The van der Waals surface area contributed by atoms with Crippen molar-refractivity contribution >= 4 is 23.0 Å². The van der Waals surface area contributed by atoms with Gasteiger partial charge in [0.05, 0.1) is 25.4 Å². The maximum absolute atomic E-state index is 14.5. The summed E-state index contributed by atoms with van der Waals surface area (Å²) in [6.07, 6.45) is 0.963. The molecule has 0 spiro atoms. The summed E-state index contributed by atoms with van der Waals surface area (Å²) in [6, 6.07) is 9.59. The standard InChI is InChI=1S/C20H27FN4OS/c1-2-22-20(23-8-7-17-4-3-13-27-17)24-15-16-5-6-19(18(21)14-16)25-9-11-26-12-10-25/h3-6,13-14H,2,7-12,15H2,1H3,(H2,22,23,24). The summed E-state index contributed by atoms with van der Waals surface area (Å²) in [4.78, 5) is 7.96. The Balaban J connectivity index is 1.56. The molecule has 2 heterocycles. The maximum Gasteiger partial charge on any atom is 0.191 e. The Bertz CT molecular complexity index is 730. The van der Waals surface area contributed by atoms with E-state index >= 15 is 0 Å². The van der Waals surface area contributed by atoms with E-state index in [1.54, 1.807) is 17.4 Å². The van der Waals surface area contributed by atoms with Gasteiger partial charge in [0.1, 0.15) is 5.82 Å². The first kappa shape index (κ1) is 19.6. The molecule has 146 valence electrons. The Hall–Kier alpha value is -2.12. The lowest BCUT2D eigenvalue weighted by atomic mass is 10.1. The van der Waals surface area contributed by atoms with Crippen LogP contribution in [0.3, 0.4) is 0 Å². The Kier molecular flexibility index (Phi) is 7.47. The number of ether oxygens (including phenoxy) is 1. The number of guanidine groups is 1. The van der Waals surface area contributed by atoms with Gasteiger partial charge in [0, 0.05) is 31.1 Å². The average Bonchev–Trinajstić information content (AvgIpc) is 3.20. The normalized spacial score (nSPS) is 15.0. The third-order valence-corrected chi connectivity index (χ3v) is 5.31. The van der Waals surface area contributed by atoms with Gasteiger partial charge in [-0.2, -0.15) is 0 Å². The van der Waals surface area contributed by atoms with Gasteiger partial charge in [-0.15, -0.1) is 11.3 Å². The zero-order valence-electron chi connectivity index (χ0n) is 15.7. The van der Waals surface area contributed by atoms with Crippen molar-refractivity contribution in [3.8, 4) is 0 Å². The number of morpholine rings is 1. The number of nitrogens with one attached hydrogen (secondary N) is 2. The van der Waals surface area contributed by atoms with Crippen LogP contribution in [0.2, 0.25) is 0 Å². The highest BCUT2D eigenvalue weighted by Gasteiger charge is 2.15. The molecule has 27 heavy (non-hydrogen) atoms. The van der Waals surface area contributed by atoms with E-state index in [4.69, 9.17) is 4.74 Å². The van der Waals surface area contributed by atoms with E-state index in [2.05, 4.69) is 33.1 Å². The molecule has 2 N–H and O–H groups in total. The van der Waals surface area contributed by atoms with E-state index in [1.807, 2.05) is 24.0 Å². The van der Waals surface area contributed by atoms with Crippen LogP contribution in [-0.4, -0.2) is 45.4 Å². The van der Waals surface area contributed by atoms with Crippen LogP contribution < -0.4 is 15.5 Å². The molecular weight excluding hydrogens is 363 g/mol. The minimum absolute atomic E-state index is 0.194. The van der Waals surface area contributed by atoms with E-state index in [1.165, 1.54) is 4.88 Å². The summed E-state index contributed by atoms with van der Waals surface area (Å²) < 4.78 is 19.8. The van der Waals surface area contributed by atoms with Crippen molar-refractivity contribution in [1.29, 1.82) is 0 Å². The zero-order chi connectivity index (χ0) is 18.9. The van der Waals surface area contributed by atoms with Crippen molar-refractivity contribution in [1.82, 2.24) is 10.6 Å². The molecule has 0 amide bonds. The van der Waals surface area contributed by atoms with Crippen LogP contribution in [0.1, 0.15) is 17.4 Å². The lowest BCUT2D eigenvalue weighted by Crippen LogP contribution is -2.38. The van der Waals surface area contributed by atoms with E-state index in [-0.39, 0.29) is 5.82 Å². The molecular formula is C20H27FN4OS. The van der Waals surface area contributed by atoms with Crippen molar-refractivity contribution in [2.75, 3.05) is 44.3 Å². The van der Waals surface area contributed by atoms with Crippen molar-refractivity contribution in [2.45, 2.75) is 19.9 Å². The number of nitrogens with zero attached hydrogens (tertiary/aromatic N) is 2. The van der Waals surface area contributed by atoms with Gasteiger partial charge in [-0.3, -0.25) is 0 Å². The Morgan fingerprint density at radius 1 is 1.26 bits per heavy atom. The predicted octanol–water partition coefficient (Wildman–Crippen LogP) is 3.02. The summed E-state index contributed by atoms with van der Waals surface area (Å²) in [6.45, 7) is 6.83. The highest BCUT2D eigenvalue weighted by Crippen LogP contribution is 2.22. The second-order valence-electron chi connectivity index (χ2n) is 6.34. The predicted molar refractivity (Wildman–Crippen MR) is 110 cm³/mol. The quantitative estimate of drug-likeness (QED) is 0.564. The molecule has 5 nitrogen and oxygen atoms in total. The van der Waals surface area contributed by atoms with Gasteiger partial charge < -0.3 is 20.3 Å². The molecule has 0 saturated carbocycles. The van der Waals surface area contributed by atoms with Crippen LogP contribution in [0.4, 0.5) is 10.1 Å². The molecule has 0 aliphatic carbocycles. The molecule has 0 radical (unpaired) electrons. The zero-order valence-corrected chi connectivity index (χ0v) is 16.5. The average molecular weight is 391 g/mol. The van der Waals surface area contributed by atoms with E-state index < -0.39 is 0 Å². The van der Waals surface area contributed by atoms with Crippen molar-refractivity contribution in [2.24, 2.45) is 4.99 Å². The third kappa shape index (κ3) is 5.94. The largest absolute Gasteiger partial charge is 0.378 e. The summed E-state index contributed by atoms with van der Waals surface area (Å²) in [5, 5.41) is 8.66. The monoisotopic (exact) mass is 390 g/mol. The first-order valence-electron chi connectivity index (χ1n) is 9.42. The highest BCUT2D eigenvalue weighted by molar-refractivity contribution is 7.09. The summed E-state index contributed by atoms with van der Waals surface area (Å²) in [7, 11) is 0. The van der Waals surface area contributed by atoms with Crippen LogP contribution in [0.5, 0.6) is 0 Å². The van der Waals surface area contributed by atoms with Gasteiger partial charge in [-0.05, 0) is 42.5 Å². The van der Waals surface area contributed by atoms with Crippen LogP contribution in [0.15, 0.2) is 40.7 Å². The second-order valence-corrected chi connectivity index (χ2v) is 7.37. The molecule has 3 rings (SSSR count). The molecule has 2 aromatic rings. The number of thiophene rings is 1. The lowest BCUT2D eigenvalue weighted by molar-refractivity contribution is 0.122. The van der Waals surface area contributed by atoms with Gasteiger partial charge in [0.15, 0.2) is 5.96 Å². The number of benzene rings is 1. The Morgan fingerprint density at radius 3 is 2.81 bits per heavy atom. The Labute approximate surface area is 164 Å². The number of rotatable bonds is 7. The van der Waals surface area contributed by atoms with Crippen molar-refractivity contribution in [3.63, 3.8) is 0 Å². The summed E-state index contributed by atoms with van der Waals surface area (Å²) in [5.74, 6) is 0.562. The highest BCUT2D eigenvalue weighted by atomic mass is 32.1. The van der Waals surface area contributed by atoms with Crippen molar-refractivity contribution < 1.29 is 9.13 Å². The topological polar surface area (TPSA) is 48.9 Å². The smallest absolute Gasteiger partial charge is 0.191 e. The minimum Gasteiger partial charge on any atom is -0.378 e. The lowest BCUT2D eigenvalue weighted by Gasteiger charge is -2.29. The van der Waals surface area contributed by atoms with Gasteiger partial charge in [-0.1, -0.05) is 12.1 Å². The first-order chi connectivity index (χ1) is 13.3. The SMILES string of the molecule is CCNC(=NCc1ccc(N2CCOCC2)c(F)c1)NCCc1cccs1. The molecule has 1 aliphatic rings. The molecule has 0 unspecified atom stereocenters. The molecule has 1 fully saturated rings. The molecule has 0 bridgehead atoms. The van der Waals surface area contributed by atoms with Gasteiger partial charge in [-0.25, -0.2) is 9.38 Å². The Morgan fingerprint density at radius 2 is 2.11 bits per heavy atom. The number of aliphatic imine (C=N–C) groups is 1. The van der Waals surface area contributed by atoms with Crippen molar-refractivity contribution in [3.05, 3.63) is 52.0 Å². The fourth-order valence-electron chi connectivity index (χ4n) is 2.98. The molecule has 0 atom stereocenters. The molecule has 1 saturated heterocycles. The van der Waals surface area contributed by atoms with Crippen LogP contribution >= 0.6 is 11.3 Å². The summed E-state index contributed by atoms with van der Waals surface area (Å²) >= 11 is 1.76. The van der Waals surface area contributed by atoms with E-state index in [0.29, 0.717) is 25.4 Å². The number of hydrogen-bond acceptors (Lipinski definition) is 4. The first-order valence-corrected chi connectivity index (χ1v) is 10.3. The summed E-state index contributed by atoms with van der Waals surface area (Å²) in [5.41, 5.74) is 1.51. The number of halogens is 1. The molecule has 7 heteroatoms. The fraction of sp³-hybridized carbons (Fsp3) is 0.450. The van der Waals surface area contributed by atoms with E-state index in [0.717, 1.165) is 44.1 Å². The maximum atomic E-state index is 14.5. The van der Waals surface area contributed by atoms with Gasteiger partial charge >= 0.3 is 0 Å². The van der Waals surface area contributed by atoms with Gasteiger partial charge in [0.2, 0.25) is 0 Å². The minimum atomic E-state index is -0.194. The molecule has 1 aromatic heterocycles. The number of hydrogen-bond donors (Lipinski definition) is 2. The van der Waals surface area contributed by atoms with Crippen LogP contribution in [-0.2, 0) is 17.7 Å². The number of anilines is 1. The second kappa shape index (κ2) is 10.3. The van der Waals surface area contributed by atoms with Crippen LogP contribution in [0, 0.1) is 5.82 Å². The molecule has 1 aromatic carbocycles.